The molecule has 154 valence electrons. The minimum Gasteiger partial charge on any atom is -0.494 e. The summed E-state index contributed by atoms with van der Waals surface area (Å²) in [4.78, 5) is 15.6. The Hall–Kier alpha value is -2.46. The van der Waals surface area contributed by atoms with Crippen LogP contribution >= 0.6 is 23.1 Å². The number of hydrogen-bond acceptors (Lipinski definition) is 7. The number of thiophene rings is 1. The Morgan fingerprint density at radius 2 is 2.24 bits per heavy atom. The standard InChI is InChI=1S/C19H22FN5O2S2/c1-3-24(12-14-6-7-17(27-2)16(20)11-14)18(26)13-29-19-21-22-23-25(19)9-8-15-5-4-10-28-15/h4-7,10-11H,3,8-9,12-13H2,1-2H3. The molecule has 0 aliphatic carbocycles. The van der Waals surface area contributed by atoms with Gasteiger partial charge in [0, 0.05) is 24.4 Å². The molecule has 3 aromatic rings. The molecule has 29 heavy (non-hydrogen) atoms. The lowest BCUT2D eigenvalue weighted by molar-refractivity contribution is -0.128. The van der Waals surface area contributed by atoms with Crippen LogP contribution in [-0.4, -0.2) is 50.4 Å². The van der Waals surface area contributed by atoms with Crippen LogP contribution in [0.15, 0.2) is 40.9 Å². The molecule has 0 saturated heterocycles. The van der Waals surface area contributed by atoms with Crippen LogP contribution in [0.3, 0.4) is 0 Å². The van der Waals surface area contributed by atoms with Crippen LogP contribution in [0.25, 0.3) is 0 Å². The fourth-order valence-corrected chi connectivity index (χ4v) is 4.24. The van der Waals surface area contributed by atoms with Gasteiger partial charge in [0.25, 0.3) is 0 Å². The zero-order valence-electron chi connectivity index (χ0n) is 16.2. The monoisotopic (exact) mass is 435 g/mol. The molecule has 3 rings (SSSR count). The van der Waals surface area contributed by atoms with Crippen LogP contribution in [-0.2, 0) is 24.3 Å². The highest BCUT2D eigenvalue weighted by atomic mass is 32.2. The van der Waals surface area contributed by atoms with E-state index in [9.17, 15) is 9.18 Å². The van der Waals surface area contributed by atoms with E-state index in [0.717, 1.165) is 6.42 Å². The summed E-state index contributed by atoms with van der Waals surface area (Å²) in [6.45, 7) is 3.41. The van der Waals surface area contributed by atoms with E-state index in [1.54, 1.807) is 33.1 Å². The number of carbonyl (C=O) groups is 1. The van der Waals surface area contributed by atoms with Crippen LogP contribution in [0.1, 0.15) is 17.4 Å². The summed E-state index contributed by atoms with van der Waals surface area (Å²) in [5, 5.41) is 14.4. The quantitative estimate of drug-likeness (QED) is 0.455. The van der Waals surface area contributed by atoms with Gasteiger partial charge in [-0.15, -0.1) is 16.4 Å². The average molecular weight is 436 g/mol. The molecule has 10 heteroatoms. The van der Waals surface area contributed by atoms with Gasteiger partial charge in [-0.3, -0.25) is 4.79 Å². The minimum atomic E-state index is -0.437. The summed E-state index contributed by atoms with van der Waals surface area (Å²) in [6, 6.07) is 8.82. The van der Waals surface area contributed by atoms with Gasteiger partial charge in [0.05, 0.1) is 19.4 Å². The molecule has 1 amide bonds. The third-order valence-corrected chi connectivity index (χ3v) is 6.18. The Morgan fingerprint density at radius 3 is 2.93 bits per heavy atom. The van der Waals surface area contributed by atoms with E-state index in [2.05, 4.69) is 21.6 Å². The molecule has 0 fully saturated rings. The summed E-state index contributed by atoms with van der Waals surface area (Å²) in [7, 11) is 1.42. The molecular weight excluding hydrogens is 413 g/mol. The van der Waals surface area contributed by atoms with Gasteiger partial charge in [-0.1, -0.05) is 23.9 Å². The van der Waals surface area contributed by atoms with E-state index in [4.69, 9.17) is 4.74 Å². The number of aromatic nitrogens is 4. The molecule has 0 unspecified atom stereocenters. The number of nitrogens with zero attached hydrogens (tertiary/aromatic N) is 5. The molecule has 0 N–H and O–H groups in total. The Balaban J connectivity index is 1.55. The molecular formula is C19H22FN5O2S2. The van der Waals surface area contributed by atoms with Gasteiger partial charge in [-0.2, -0.15) is 0 Å². The van der Waals surface area contributed by atoms with E-state index < -0.39 is 5.82 Å². The van der Waals surface area contributed by atoms with Gasteiger partial charge < -0.3 is 9.64 Å². The van der Waals surface area contributed by atoms with Crippen molar-refractivity contribution in [3.8, 4) is 5.75 Å². The number of carbonyl (C=O) groups excluding carboxylic acids is 1. The summed E-state index contributed by atoms with van der Waals surface area (Å²) >= 11 is 3.00. The van der Waals surface area contributed by atoms with Gasteiger partial charge in [0.1, 0.15) is 0 Å². The first-order chi connectivity index (χ1) is 14.1. The van der Waals surface area contributed by atoms with Crippen molar-refractivity contribution in [2.75, 3.05) is 19.4 Å². The minimum absolute atomic E-state index is 0.0541. The first-order valence-corrected chi connectivity index (χ1v) is 11.0. The van der Waals surface area contributed by atoms with Crippen LogP contribution in [0.2, 0.25) is 0 Å². The van der Waals surface area contributed by atoms with Crippen molar-refractivity contribution >= 4 is 29.0 Å². The van der Waals surface area contributed by atoms with Gasteiger partial charge in [-0.05, 0) is 46.5 Å². The average Bonchev–Trinajstić information content (AvgIpc) is 3.40. The smallest absolute Gasteiger partial charge is 0.233 e. The number of benzene rings is 1. The highest BCUT2D eigenvalue weighted by Gasteiger charge is 2.16. The number of rotatable bonds is 10. The lowest BCUT2D eigenvalue weighted by Gasteiger charge is -2.21. The van der Waals surface area contributed by atoms with E-state index in [-0.39, 0.29) is 17.4 Å². The highest BCUT2D eigenvalue weighted by molar-refractivity contribution is 7.99. The topological polar surface area (TPSA) is 73.1 Å². The van der Waals surface area contributed by atoms with Crippen molar-refractivity contribution in [2.24, 2.45) is 0 Å². The third kappa shape index (κ3) is 5.77. The number of aryl methyl sites for hydroxylation is 2. The maximum atomic E-state index is 13.9. The zero-order valence-corrected chi connectivity index (χ0v) is 17.9. The van der Waals surface area contributed by atoms with Gasteiger partial charge in [0.2, 0.25) is 11.1 Å². The van der Waals surface area contributed by atoms with Crippen molar-refractivity contribution in [1.29, 1.82) is 0 Å². The molecule has 0 radical (unpaired) electrons. The Bertz CT molecular complexity index is 933. The van der Waals surface area contributed by atoms with Crippen molar-refractivity contribution in [3.05, 3.63) is 52.0 Å². The normalized spacial score (nSPS) is 10.9. The fourth-order valence-electron chi connectivity index (χ4n) is 2.73. The highest BCUT2D eigenvalue weighted by Crippen LogP contribution is 2.20. The molecule has 1 aromatic carbocycles. The predicted octanol–water partition coefficient (Wildman–Crippen LogP) is 3.27. The predicted molar refractivity (Wildman–Crippen MR) is 111 cm³/mol. The number of hydrogen-bond donors (Lipinski definition) is 0. The van der Waals surface area contributed by atoms with Crippen molar-refractivity contribution in [3.63, 3.8) is 0 Å². The van der Waals surface area contributed by atoms with E-state index in [1.165, 1.54) is 29.8 Å². The molecule has 0 saturated carbocycles. The molecule has 0 bridgehead atoms. The first kappa shape index (κ1) is 21.3. The Kier molecular flexibility index (Phi) is 7.59. The number of methoxy groups -OCH3 is 1. The number of tetrazole rings is 1. The summed E-state index contributed by atoms with van der Waals surface area (Å²) in [5.41, 5.74) is 0.712. The van der Waals surface area contributed by atoms with E-state index in [1.807, 2.05) is 18.4 Å². The second-order valence-corrected chi connectivity index (χ2v) is 8.15. The van der Waals surface area contributed by atoms with Crippen molar-refractivity contribution in [2.45, 2.75) is 31.6 Å². The fraction of sp³-hybridized carbons (Fsp3) is 0.368. The lowest BCUT2D eigenvalue weighted by Crippen LogP contribution is -2.31. The van der Waals surface area contributed by atoms with Crippen LogP contribution in [0.5, 0.6) is 5.75 Å². The van der Waals surface area contributed by atoms with E-state index in [0.29, 0.717) is 30.4 Å². The molecule has 2 heterocycles. The molecule has 0 spiro atoms. The third-order valence-electron chi connectivity index (χ3n) is 4.30. The van der Waals surface area contributed by atoms with Crippen LogP contribution in [0, 0.1) is 5.82 Å². The molecule has 0 aliphatic heterocycles. The SMILES string of the molecule is CCN(Cc1ccc(OC)c(F)c1)C(=O)CSc1nnnn1CCc1cccs1. The van der Waals surface area contributed by atoms with Crippen molar-refractivity contribution < 1.29 is 13.9 Å². The van der Waals surface area contributed by atoms with Crippen molar-refractivity contribution in [1.82, 2.24) is 25.1 Å². The maximum Gasteiger partial charge on any atom is 0.233 e. The summed E-state index contributed by atoms with van der Waals surface area (Å²) < 4.78 is 20.6. The van der Waals surface area contributed by atoms with Gasteiger partial charge in [-0.25, -0.2) is 9.07 Å². The number of thioether (sulfide) groups is 1. The largest absolute Gasteiger partial charge is 0.494 e. The van der Waals surface area contributed by atoms with Gasteiger partial charge >= 0.3 is 0 Å². The Labute approximate surface area is 176 Å². The zero-order chi connectivity index (χ0) is 20.6. The lowest BCUT2D eigenvalue weighted by atomic mass is 10.2. The maximum absolute atomic E-state index is 13.9. The van der Waals surface area contributed by atoms with Gasteiger partial charge in [0.15, 0.2) is 11.6 Å². The molecule has 2 aromatic heterocycles. The number of ether oxygens (including phenoxy) is 1. The molecule has 0 atom stereocenters. The summed E-state index contributed by atoms with van der Waals surface area (Å²) in [5.74, 6) is -0.0892. The Morgan fingerprint density at radius 1 is 1.38 bits per heavy atom. The number of halogens is 1. The second-order valence-electron chi connectivity index (χ2n) is 6.18. The van der Waals surface area contributed by atoms with Crippen LogP contribution < -0.4 is 4.74 Å². The molecule has 7 nitrogen and oxygen atoms in total. The molecule has 0 aliphatic rings. The first-order valence-electron chi connectivity index (χ1n) is 9.12. The number of amides is 1. The summed E-state index contributed by atoms with van der Waals surface area (Å²) in [6.07, 6.45) is 0.842. The second kappa shape index (κ2) is 10.4. The van der Waals surface area contributed by atoms with E-state index >= 15 is 0 Å². The van der Waals surface area contributed by atoms with Crippen LogP contribution in [0.4, 0.5) is 4.39 Å².